The molecule has 0 saturated heterocycles. The van der Waals surface area contributed by atoms with Gasteiger partial charge < -0.3 is 5.32 Å². The third-order valence-electron chi connectivity index (χ3n) is 4.52. The van der Waals surface area contributed by atoms with E-state index in [1.165, 1.54) is 0 Å². The maximum absolute atomic E-state index is 12.0. The highest BCUT2D eigenvalue weighted by molar-refractivity contribution is 8.01. The fraction of sp³-hybridized carbons (Fsp3) is 0.217. The Kier molecular flexibility index (Phi) is 6.33. The van der Waals surface area contributed by atoms with Crippen LogP contribution in [0.5, 0.6) is 0 Å². The fourth-order valence-electron chi connectivity index (χ4n) is 3.17. The van der Waals surface area contributed by atoms with Crippen LogP contribution >= 0.6 is 34.4 Å². The van der Waals surface area contributed by atoms with E-state index in [0.29, 0.717) is 0 Å². The van der Waals surface area contributed by atoms with Gasteiger partial charge in [-0.05, 0) is 40.8 Å². The third kappa shape index (κ3) is 4.39. The summed E-state index contributed by atoms with van der Waals surface area (Å²) in [6, 6.07) is 16.7. The molecule has 4 aromatic rings. The van der Waals surface area contributed by atoms with Crippen molar-refractivity contribution in [3.63, 3.8) is 0 Å². The van der Waals surface area contributed by atoms with E-state index in [9.17, 15) is 4.79 Å². The molecule has 1 amide bonds. The molecular formula is C23H22N2OS3. The van der Waals surface area contributed by atoms with E-state index >= 15 is 0 Å². The minimum atomic E-state index is -0.0524. The Hall–Kier alpha value is -2.15. The fourth-order valence-corrected chi connectivity index (χ4v) is 6.39. The lowest BCUT2D eigenvalue weighted by Crippen LogP contribution is -2.06. The first-order chi connectivity index (χ1) is 14.2. The number of thiophene rings is 2. The predicted molar refractivity (Wildman–Crippen MR) is 128 cm³/mol. The smallest absolute Gasteiger partial charge is 0.221 e. The summed E-state index contributed by atoms with van der Waals surface area (Å²) < 4.78 is 1.14. The van der Waals surface area contributed by atoms with Gasteiger partial charge in [0.05, 0.1) is 20.5 Å². The van der Waals surface area contributed by atoms with E-state index in [4.69, 9.17) is 4.98 Å². The number of anilines is 1. The quantitative estimate of drug-likeness (QED) is 0.239. The summed E-state index contributed by atoms with van der Waals surface area (Å²) in [7, 11) is 0. The molecule has 0 saturated carbocycles. The number of rotatable bonds is 7. The molecular weight excluding hydrogens is 416 g/mol. The summed E-state index contributed by atoms with van der Waals surface area (Å²) in [5.41, 5.74) is 4.13. The molecule has 0 aliphatic carbocycles. The lowest BCUT2D eigenvalue weighted by molar-refractivity contribution is -0.114. The number of aromatic nitrogens is 1. The largest absolute Gasteiger partial charge is 0.324 e. The van der Waals surface area contributed by atoms with E-state index < -0.39 is 0 Å². The number of benzene rings is 1. The Morgan fingerprint density at radius 3 is 2.69 bits per heavy atom. The molecule has 3 aromatic heterocycles. The van der Waals surface area contributed by atoms with Crippen LogP contribution in [0.2, 0.25) is 0 Å². The normalized spacial score (nSPS) is 11.1. The van der Waals surface area contributed by atoms with E-state index in [0.717, 1.165) is 60.4 Å². The van der Waals surface area contributed by atoms with Gasteiger partial charge in [-0.2, -0.15) is 0 Å². The molecule has 0 atom stereocenters. The zero-order valence-corrected chi connectivity index (χ0v) is 18.8. The van der Waals surface area contributed by atoms with Crippen LogP contribution in [-0.4, -0.2) is 16.6 Å². The lowest BCUT2D eigenvalue weighted by Gasteiger charge is -2.10. The highest BCUT2D eigenvalue weighted by Crippen LogP contribution is 2.47. The van der Waals surface area contributed by atoms with E-state index in [-0.39, 0.29) is 5.91 Å². The highest BCUT2D eigenvalue weighted by Gasteiger charge is 2.20. The summed E-state index contributed by atoms with van der Waals surface area (Å²) in [5, 5.41) is 6.21. The summed E-state index contributed by atoms with van der Waals surface area (Å²) in [6.45, 7) is 3.77. The first kappa shape index (κ1) is 20.1. The molecule has 1 N–H and O–H groups in total. The zero-order chi connectivity index (χ0) is 20.2. The molecule has 0 radical (unpaired) electrons. The van der Waals surface area contributed by atoms with Gasteiger partial charge in [-0.15, -0.1) is 34.4 Å². The number of hydrogen-bond acceptors (Lipinski definition) is 5. The van der Waals surface area contributed by atoms with Gasteiger partial charge in [0, 0.05) is 12.3 Å². The second-order valence-corrected chi connectivity index (χ2v) is 10.0. The van der Waals surface area contributed by atoms with Gasteiger partial charge in [0.2, 0.25) is 5.91 Å². The van der Waals surface area contributed by atoms with E-state index in [1.54, 1.807) is 29.6 Å². The van der Waals surface area contributed by atoms with Crippen LogP contribution in [0, 0.1) is 0 Å². The number of carbonyl (C=O) groups is 1. The van der Waals surface area contributed by atoms with Crippen LogP contribution in [0.1, 0.15) is 26.7 Å². The first-order valence-corrected chi connectivity index (χ1v) is 12.3. The molecule has 0 unspecified atom stereocenters. The zero-order valence-electron chi connectivity index (χ0n) is 16.4. The Labute approximate surface area is 183 Å². The lowest BCUT2D eigenvalue weighted by atomic mass is 10.0. The van der Waals surface area contributed by atoms with Crippen LogP contribution in [0.15, 0.2) is 58.1 Å². The number of hydrogen-bond donors (Lipinski definition) is 1. The summed E-state index contributed by atoms with van der Waals surface area (Å²) in [6.07, 6.45) is 2.31. The van der Waals surface area contributed by atoms with Crippen molar-refractivity contribution in [2.24, 2.45) is 0 Å². The number of fused-ring (bicyclic) bond motifs is 1. The molecule has 0 spiro atoms. The Balaban J connectivity index is 1.96. The number of amides is 1. The molecule has 4 rings (SSSR count). The topological polar surface area (TPSA) is 42.0 Å². The molecule has 3 nitrogen and oxygen atoms in total. The number of thioether (sulfide) groups is 1. The van der Waals surface area contributed by atoms with Gasteiger partial charge in [-0.3, -0.25) is 4.79 Å². The molecule has 1 aromatic carbocycles. The van der Waals surface area contributed by atoms with Crippen molar-refractivity contribution >= 4 is 56.2 Å². The van der Waals surface area contributed by atoms with Crippen molar-refractivity contribution in [2.45, 2.75) is 30.9 Å². The van der Waals surface area contributed by atoms with Crippen LogP contribution in [0.4, 0.5) is 5.69 Å². The Bertz CT molecular complexity index is 1120. The van der Waals surface area contributed by atoms with Crippen molar-refractivity contribution in [1.82, 2.24) is 4.98 Å². The van der Waals surface area contributed by atoms with Crippen LogP contribution in [0.25, 0.3) is 31.9 Å². The van der Waals surface area contributed by atoms with E-state index in [1.807, 2.05) is 30.0 Å². The van der Waals surface area contributed by atoms with Crippen molar-refractivity contribution in [3.8, 4) is 21.7 Å². The Morgan fingerprint density at radius 1 is 1.17 bits per heavy atom. The first-order valence-electron chi connectivity index (χ1n) is 9.64. The van der Waals surface area contributed by atoms with Gasteiger partial charge in [0.1, 0.15) is 4.83 Å². The Morgan fingerprint density at radius 2 is 2.00 bits per heavy atom. The maximum atomic E-state index is 12.0. The number of nitrogens with one attached hydrogen (secondary N) is 1. The van der Waals surface area contributed by atoms with Crippen molar-refractivity contribution in [3.05, 3.63) is 53.9 Å². The van der Waals surface area contributed by atoms with Gasteiger partial charge in [-0.25, -0.2) is 4.98 Å². The summed E-state index contributed by atoms with van der Waals surface area (Å²) in [4.78, 5) is 19.1. The number of unbranched alkanes of at least 4 members (excludes halogenated alkanes) is 1. The van der Waals surface area contributed by atoms with Gasteiger partial charge >= 0.3 is 0 Å². The molecule has 29 heavy (non-hydrogen) atoms. The monoisotopic (exact) mass is 438 g/mol. The predicted octanol–water partition coefficient (Wildman–Crippen LogP) is 7.54. The SMILES string of the molecule is CCCCSc1sc2nc(-c3cccs3)cc(-c3ccccc3)c2c1NC(C)=O. The van der Waals surface area contributed by atoms with Gasteiger partial charge in [0.15, 0.2) is 0 Å². The second-order valence-electron chi connectivity index (χ2n) is 6.73. The summed E-state index contributed by atoms with van der Waals surface area (Å²) >= 11 is 5.19. The van der Waals surface area contributed by atoms with Crippen LogP contribution in [-0.2, 0) is 4.79 Å². The summed E-state index contributed by atoms with van der Waals surface area (Å²) in [5.74, 6) is 0.984. The highest BCUT2D eigenvalue weighted by atomic mass is 32.2. The molecule has 6 heteroatoms. The average molecular weight is 439 g/mol. The van der Waals surface area contributed by atoms with Crippen LogP contribution in [0.3, 0.4) is 0 Å². The standard InChI is InChI=1S/C23H22N2OS3/c1-3-4-12-28-23-21(24-15(2)26)20-17(16-9-6-5-7-10-16)14-18(25-22(20)29-23)19-11-8-13-27-19/h5-11,13-14H,3-4,12H2,1-2H3,(H,24,26). The minimum Gasteiger partial charge on any atom is -0.324 e. The maximum Gasteiger partial charge on any atom is 0.221 e. The molecule has 148 valence electrons. The molecule has 0 aliphatic rings. The van der Waals surface area contributed by atoms with Crippen molar-refractivity contribution in [2.75, 3.05) is 11.1 Å². The van der Waals surface area contributed by atoms with Gasteiger partial charge in [-0.1, -0.05) is 49.7 Å². The molecule has 0 bridgehead atoms. The number of carbonyl (C=O) groups excluding carboxylic acids is 1. The average Bonchev–Trinajstić information content (AvgIpc) is 3.37. The molecule has 3 heterocycles. The molecule has 0 fully saturated rings. The van der Waals surface area contributed by atoms with Crippen molar-refractivity contribution < 1.29 is 4.79 Å². The van der Waals surface area contributed by atoms with Crippen molar-refractivity contribution in [1.29, 1.82) is 0 Å². The number of pyridine rings is 1. The molecule has 0 aliphatic heterocycles. The van der Waals surface area contributed by atoms with E-state index in [2.05, 4.69) is 48.0 Å². The second kappa shape index (κ2) is 9.11. The minimum absolute atomic E-state index is 0.0524. The number of nitrogens with zero attached hydrogens (tertiary/aromatic N) is 1. The third-order valence-corrected chi connectivity index (χ3v) is 7.85. The van der Waals surface area contributed by atoms with Gasteiger partial charge in [0.25, 0.3) is 0 Å². The van der Waals surface area contributed by atoms with Crippen LogP contribution < -0.4 is 5.32 Å².